The van der Waals surface area contributed by atoms with Crippen molar-refractivity contribution in [1.82, 2.24) is 5.43 Å². The molecule has 0 radical (unpaired) electrons. The van der Waals surface area contributed by atoms with Gasteiger partial charge in [0.15, 0.2) is 23.0 Å². The highest BCUT2D eigenvalue weighted by Crippen LogP contribution is 2.31. The van der Waals surface area contributed by atoms with E-state index >= 15 is 0 Å². The molecule has 0 spiro atoms. The first-order valence-electron chi connectivity index (χ1n) is 11.2. The summed E-state index contributed by atoms with van der Waals surface area (Å²) in [5.41, 5.74) is 4.29. The quantitative estimate of drug-likeness (QED) is 0.231. The van der Waals surface area contributed by atoms with Gasteiger partial charge < -0.3 is 18.4 Å². The van der Waals surface area contributed by atoms with E-state index in [0.29, 0.717) is 29.2 Å². The maximum absolute atomic E-state index is 12.7. The van der Waals surface area contributed by atoms with Crippen molar-refractivity contribution in [3.05, 3.63) is 77.4 Å². The molecule has 3 aromatic rings. The lowest BCUT2D eigenvalue weighted by atomic mass is 10.2. The Hall–Kier alpha value is -4.05. The van der Waals surface area contributed by atoms with Gasteiger partial charge in [-0.2, -0.15) is 13.5 Å². The van der Waals surface area contributed by atoms with Crippen LogP contribution in [0.2, 0.25) is 0 Å². The molecule has 0 atom stereocenters. The average Bonchev–Trinajstić information content (AvgIpc) is 2.86. The molecule has 0 saturated carbocycles. The Morgan fingerprint density at radius 2 is 1.53 bits per heavy atom. The van der Waals surface area contributed by atoms with Crippen molar-refractivity contribution in [3.63, 3.8) is 0 Å². The van der Waals surface area contributed by atoms with Crippen molar-refractivity contribution >= 4 is 22.2 Å². The van der Waals surface area contributed by atoms with Gasteiger partial charge in [-0.1, -0.05) is 17.7 Å². The standard InChI is InChI=1S/C26H28N2O7S/c1-5-33-24-15-19(9-13-23(24)35-36(30,31)21-11-7-18(3)8-12-21)17-27-28-26(29)20-10-14-22(32-4)25(16-20)34-6-2/h7-17H,5-6H2,1-4H3,(H,28,29)/b27-17+. The average molecular weight is 513 g/mol. The van der Waals surface area contributed by atoms with Gasteiger partial charge in [-0.15, -0.1) is 0 Å². The number of aryl methyl sites for hydroxylation is 1. The lowest BCUT2D eigenvalue weighted by Gasteiger charge is -2.12. The van der Waals surface area contributed by atoms with Crippen molar-refractivity contribution in [3.8, 4) is 23.0 Å². The summed E-state index contributed by atoms with van der Waals surface area (Å²) in [6.07, 6.45) is 1.41. The number of methoxy groups -OCH3 is 1. The zero-order chi connectivity index (χ0) is 26.1. The van der Waals surface area contributed by atoms with Crippen LogP contribution in [0.5, 0.6) is 23.0 Å². The zero-order valence-electron chi connectivity index (χ0n) is 20.5. The molecule has 1 amide bonds. The second kappa shape index (κ2) is 12.1. The maximum atomic E-state index is 12.7. The summed E-state index contributed by atoms with van der Waals surface area (Å²) >= 11 is 0. The Balaban J connectivity index is 1.74. The molecule has 0 heterocycles. The summed E-state index contributed by atoms with van der Waals surface area (Å²) < 4.78 is 47.0. The number of hydrazone groups is 1. The molecule has 9 nitrogen and oxygen atoms in total. The van der Waals surface area contributed by atoms with Gasteiger partial charge in [0.25, 0.3) is 5.91 Å². The van der Waals surface area contributed by atoms with Crippen LogP contribution in [0.3, 0.4) is 0 Å². The van der Waals surface area contributed by atoms with Gasteiger partial charge in [0.2, 0.25) is 0 Å². The molecule has 0 aromatic heterocycles. The van der Waals surface area contributed by atoms with Crippen molar-refractivity contribution in [2.75, 3.05) is 20.3 Å². The van der Waals surface area contributed by atoms with E-state index in [4.69, 9.17) is 18.4 Å². The predicted octanol–water partition coefficient (Wildman–Crippen LogP) is 4.33. The molecule has 0 fully saturated rings. The van der Waals surface area contributed by atoms with Crippen molar-refractivity contribution in [2.45, 2.75) is 25.7 Å². The van der Waals surface area contributed by atoms with E-state index in [0.717, 1.165) is 5.56 Å². The summed E-state index contributed by atoms with van der Waals surface area (Å²) in [6.45, 7) is 6.18. The molecule has 10 heteroatoms. The fourth-order valence-corrected chi connectivity index (χ4v) is 4.07. The summed E-state index contributed by atoms with van der Waals surface area (Å²) in [4.78, 5) is 12.5. The Morgan fingerprint density at radius 3 is 2.17 bits per heavy atom. The third-order valence-electron chi connectivity index (χ3n) is 4.88. The highest BCUT2D eigenvalue weighted by Gasteiger charge is 2.19. The number of amides is 1. The lowest BCUT2D eigenvalue weighted by molar-refractivity contribution is 0.0954. The Labute approximate surface area is 210 Å². The highest BCUT2D eigenvalue weighted by molar-refractivity contribution is 7.87. The molecular weight excluding hydrogens is 484 g/mol. The molecule has 0 aliphatic carbocycles. The van der Waals surface area contributed by atoms with Crippen molar-refractivity contribution < 1.29 is 31.6 Å². The second-order valence-corrected chi connectivity index (χ2v) is 9.03. The van der Waals surface area contributed by atoms with Gasteiger partial charge in [0.1, 0.15) is 4.90 Å². The Bertz CT molecular complexity index is 1340. The largest absolute Gasteiger partial charge is 0.493 e. The van der Waals surface area contributed by atoms with Gasteiger partial charge in [-0.25, -0.2) is 5.43 Å². The van der Waals surface area contributed by atoms with Crippen LogP contribution in [0.15, 0.2) is 70.7 Å². The highest BCUT2D eigenvalue weighted by atomic mass is 32.2. The van der Waals surface area contributed by atoms with Crippen LogP contribution < -0.4 is 23.8 Å². The number of hydrogen-bond acceptors (Lipinski definition) is 8. The summed E-state index contributed by atoms with van der Waals surface area (Å²) in [6, 6.07) is 15.8. The zero-order valence-corrected chi connectivity index (χ0v) is 21.3. The molecule has 0 bridgehead atoms. The number of ether oxygens (including phenoxy) is 3. The molecule has 1 N–H and O–H groups in total. The van der Waals surface area contributed by atoms with E-state index < -0.39 is 16.0 Å². The van der Waals surface area contributed by atoms with Crippen LogP contribution >= 0.6 is 0 Å². The monoisotopic (exact) mass is 512 g/mol. The van der Waals surface area contributed by atoms with Crippen LogP contribution in [0, 0.1) is 6.92 Å². The maximum Gasteiger partial charge on any atom is 0.339 e. The second-order valence-electron chi connectivity index (χ2n) is 7.49. The van der Waals surface area contributed by atoms with E-state index in [1.54, 1.807) is 49.4 Å². The van der Waals surface area contributed by atoms with E-state index in [1.165, 1.54) is 31.5 Å². The first-order chi connectivity index (χ1) is 17.3. The van der Waals surface area contributed by atoms with Crippen molar-refractivity contribution in [1.29, 1.82) is 0 Å². The number of nitrogens with zero attached hydrogens (tertiary/aromatic N) is 1. The normalized spacial score (nSPS) is 11.2. The van der Waals surface area contributed by atoms with E-state index in [2.05, 4.69) is 10.5 Å². The third-order valence-corrected chi connectivity index (χ3v) is 6.13. The Morgan fingerprint density at radius 1 is 0.889 bits per heavy atom. The molecule has 36 heavy (non-hydrogen) atoms. The van der Waals surface area contributed by atoms with E-state index in [1.807, 2.05) is 13.8 Å². The molecule has 0 unspecified atom stereocenters. The molecule has 3 aromatic carbocycles. The number of rotatable bonds is 11. The topological polar surface area (TPSA) is 113 Å². The molecular formula is C26H28N2O7S. The minimum Gasteiger partial charge on any atom is -0.493 e. The van der Waals surface area contributed by atoms with Crippen LogP contribution in [0.25, 0.3) is 0 Å². The van der Waals surface area contributed by atoms with Crippen LogP contribution in [0.1, 0.15) is 35.3 Å². The molecule has 0 saturated heterocycles. The number of carbonyl (C=O) groups is 1. The van der Waals surface area contributed by atoms with E-state index in [9.17, 15) is 13.2 Å². The number of nitrogens with one attached hydrogen (secondary N) is 1. The minimum absolute atomic E-state index is 0.0370. The fraction of sp³-hybridized carbons (Fsp3) is 0.231. The summed E-state index contributed by atoms with van der Waals surface area (Å²) in [5.74, 6) is 0.797. The third kappa shape index (κ3) is 6.76. The van der Waals surface area contributed by atoms with Crippen molar-refractivity contribution in [2.24, 2.45) is 5.10 Å². The van der Waals surface area contributed by atoms with Crippen LogP contribution in [-0.2, 0) is 10.1 Å². The van der Waals surface area contributed by atoms with Gasteiger partial charge in [-0.3, -0.25) is 4.79 Å². The van der Waals surface area contributed by atoms with Gasteiger partial charge in [0.05, 0.1) is 26.5 Å². The lowest BCUT2D eigenvalue weighted by Crippen LogP contribution is -2.17. The van der Waals surface area contributed by atoms with Gasteiger partial charge >= 0.3 is 10.1 Å². The number of carbonyl (C=O) groups excluding carboxylic acids is 1. The molecule has 3 rings (SSSR count). The minimum atomic E-state index is -4.05. The first kappa shape index (κ1) is 26.6. The smallest absolute Gasteiger partial charge is 0.339 e. The molecule has 0 aliphatic rings. The number of hydrogen-bond donors (Lipinski definition) is 1. The molecule has 0 aliphatic heterocycles. The SMILES string of the molecule is CCOc1cc(C(=O)N/N=C/c2ccc(OS(=O)(=O)c3ccc(C)cc3)c(OCC)c2)ccc1OC. The first-order valence-corrected chi connectivity index (χ1v) is 12.6. The number of benzene rings is 3. The van der Waals surface area contributed by atoms with Gasteiger partial charge in [0, 0.05) is 5.56 Å². The van der Waals surface area contributed by atoms with Gasteiger partial charge in [-0.05, 0) is 74.9 Å². The predicted molar refractivity (Wildman–Crippen MR) is 136 cm³/mol. The fourth-order valence-electron chi connectivity index (χ4n) is 3.13. The summed E-state index contributed by atoms with van der Waals surface area (Å²) in [5, 5.41) is 3.99. The van der Waals surface area contributed by atoms with Crippen LogP contribution in [0.4, 0.5) is 0 Å². The summed E-state index contributed by atoms with van der Waals surface area (Å²) in [7, 11) is -2.52. The van der Waals surface area contributed by atoms with E-state index in [-0.39, 0.29) is 23.0 Å². The molecule has 190 valence electrons. The Kier molecular flexibility index (Phi) is 8.91. The van der Waals surface area contributed by atoms with Crippen LogP contribution in [-0.4, -0.2) is 40.9 Å².